The Kier molecular flexibility index (Phi) is 5.69. The van der Waals surface area contributed by atoms with Crippen LogP contribution in [0.4, 0.5) is 11.4 Å². The van der Waals surface area contributed by atoms with Crippen LogP contribution < -0.4 is 11.1 Å². The van der Waals surface area contributed by atoms with Gasteiger partial charge in [0.25, 0.3) is 5.91 Å². The fourth-order valence-corrected chi connectivity index (χ4v) is 2.52. The van der Waals surface area contributed by atoms with Gasteiger partial charge in [0.15, 0.2) is 6.61 Å². The summed E-state index contributed by atoms with van der Waals surface area (Å²) in [5, 5.41) is 3.14. The second-order valence-electron chi connectivity index (χ2n) is 6.65. The topological polar surface area (TPSA) is 81.4 Å². The lowest BCUT2D eigenvalue weighted by atomic mass is 9.86. The molecule has 0 atom stereocenters. The van der Waals surface area contributed by atoms with E-state index in [1.54, 1.807) is 6.07 Å². The van der Waals surface area contributed by atoms with Gasteiger partial charge in [0, 0.05) is 16.4 Å². The molecule has 2 aromatic rings. The van der Waals surface area contributed by atoms with Crippen LogP contribution in [-0.4, -0.2) is 18.5 Å². The lowest BCUT2D eigenvalue weighted by Crippen LogP contribution is -2.23. The predicted octanol–water partition coefficient (Wildman–Crippen LogP) is 4.02. The number of halogens is 1. The minimum atomic E-state index is -0.695. The number of para-hydroxylation sites is 1. The summed E-state index contributed by atoms with van der Waals surface area (Å²) < 4.78 is 5.03. The van der Waals surface area contributed by atoms with Crippen LogP contribution in [0.5, 0.6) is 0 Å². The van der Waals surface area contributed by atoms with E-state index in [2.05, 4.69) is 26.1 Å². The molecule has 0 aliphatic carbocycles. The Morgan fingerprint density at radius 3 is 2.52 bits per heavy atom. The number of ether oxygens (including phenoxy) is 1. The highest BCUT2D eigenvalue weighted by atomic mass is 35.5. The number of benzene rings is 2. The van der Waals surface area contributed by atoms with Crippen molar-refractivity contribution >= 4 is 34.9 Å². The van der Waals surface area contributed by atoms with Gasteiger partial charge in [0.2, 0.25) is 0 Å². The van der Waals surface area contributed by atoms with Gasteiger partial charge in [0.1, 0.15) is 0 Å². The van der Waals surface area contributed by atoms with Crippen LogP contribution in [0.25, 0.3) is 0 Å². The van der Waals surface area contributed by atoms with Crippen molar-refractivity contribution in [3.63, 3.8) is 0 Å². The van der Waals surface area contributed by atoms with Crippen LogP contribution in [0.1, 0.15) is 36.7 Å². The standard InChI is InChI=1S/C19H21ClN2O3/c1-19(2,3)14-6-4-5-7-16(14)22-17(23)11-25-18(24)13-10-12(20)8-9-15(13)21/h4-10H,11,21H2,1-3H3,(H,22,23). The van der Waals surface area contributed by atoms with E-state index in [1.165, 1.54) is 12.1 Å². The van der Waals surface area contributed by atoms with E-state index in [0.29, 0.717) is 10.7 Å². The zero-order chi connectivity index (χ0) is 18.6. The van der Waals surface area contributed by atoms with Gasteiger partial charge in [0.05, 0.1) is 5.56 Å². The molecule has 25 heavy (non-hydrogen) atoms. The molecular formula is C19H21ClN2O3. The Labute approximate surface area is 152 Å². The number of nitrogens with two attached hydrogens (primary N) is 1. The molecule has 0 fully saturated rings. The molecular weight excluding hydrogens is 340 g/mol. The van der Waals surface area contributed by atoms with Gasteiger partial charge < -0.3 is 15.8 Å². The van der Waals surface area contributed by atoms with Crippen molar-refractivity contribution in [3.8, 4) is 0 Å². The molecule has 0 saturated carbocycles. The third-order valence-corrected chi connectivity index (χ3v) is 3.81. The third kappa shape index (κ3) is 4.97. The summed E-state index contributed by atoms with van der Waals surface area (Å²) in [5.41, 5.74) is 7.66. The van der Waals surface area contributed by atoms with E-state index in [1.807, 2.05) is 24.3 Å². The predicted molar refractivity (Wildman–Crippen MR) is 99.9 cm³/mol. The Bertz CT molecular complexity index is 797. The van der Waals surface area contributed by atoms with Crippen LogP contribution in [-0.2, 0) is 14.9 Å². The number of hydrogen-bond acceptors (Lipinski definition) is 4. The van der Waals surface area contributed by atoms with Gasteiger partial charge >= 0.3 is 5.97 Å². The highest BCUT2D eigenvalue weighted by molar-refractivity contribution is 6.31. The number of nitrogens with one attached hydrogen (secondary N) is 1. The van der Waals surface area contributed by atoms with E-state index in [9.17, 15) is 9.59 Å². The molecule has 0 bridgehead atoms. The normalized spacial score (nSPS) is 11.0. The summed E-state index contributed by atoms with van der Waals surface area (Å²) in [4.78, 5) is 24.2. The highest BCUT2D eigenvalue weighted by Gasteiger charge is 2.19. The van der Waals surface area contributed by atoms with Crippen molar-refractivity contribution in [1.29, 1.82) is 0 Å². The number of carbonyl (C=O) groups is 2. The number of esters is 1. The van der Waals surface area contributed by atoms with Crippen LogP contribution in [0.2, 0.25) is 5.02 Å². The summed E-state index contributed by atoms with van der Waals surface area (Å²) in [6.07, 6.45) is 0. The zero-order valence-corrected chi connectivity index (χ0v) is 15.2. The fourth-order valence-electron chi connectivity index (χ4n) is 2.35. The van der Waals surface area contributed by atoms with E-state index in [0.717, 1.165) is 5.56 Å². The second kappa shape index (κ2) is 7.57. The Morgan fingerprint density at radius 1 is 1.16 bits per heavy atom. The molecule has 3 N–H and O–H groups in total. The number of carbonyl (C=O) groups excluding carboxylic acids is 2. The molecule has 0 aliphatic rings. The molecule has 0 unspecified atom stereocenters. The van der Waals surface area contributed by atoms with Crippen molar-refractivity contribution in [2.45, 2.75) is 26.2 Å². The Hall–Kier alpha value is -2.53. The van der Waals surface area contributed by atoms with Crippen LogP contribution in [0, 0.1) is 0 Å². The first-order valence-electron chi connectivity index (χ1n) is 7.80. The third-order valence-electron chi connectivity index (χ3n) is 3.58. The molecule has 2 rings (SSSR count). The van der Waals surface area contributed by atoms with Crippen molar-refractivity contribution in [2.75, 3.05) is 17.7 Å². The van der Waals surface area contributed by atoms with Gasteiger partial charge in [-0.1, -0.05) is 50.6 Å². The van der Waals surface area contributed by atoms with Crippen LogP contribution in [0.15, 0.2) is 42.5 Å². The van der Waals surface area contributed by atoms with Gasteiger partial charge in [-0.15, -0.1) is 0 Å². The van der Waals surface area contributed by atoms with Crippen molar-refractivity contribution < 1.29 is 14.3 Å². The van der Waals surface area contributed by atoms with Crippen LogP contribution in [0.3, 0.4) is 0 Å². The van der Waals surface area contributed by atoms with E-state index < -0.39 is 18.5 Å². The first kappa shape index (κ1) is 18.8. The first-order valence-corrected chi connectivity index (χ1v) is 8.18. The Morgan fingerprint density at radius 2 is 1.84 bits per heavy atom. The SMILES string of the molecule is CC(C)(C)c1ccccc1NC(=O)COC(=O)c1cc(Cl)ccc1N. The molecule has 6 heteroatoms. The van der Waals surface area contributed by atoms with Gasteiger partial charge in [-0.05, 0) is 35.2 Å². The summed E-state index contributed by atoms with van der Waals surface area (Å²) in [5.74, 6) is -1.12. The summed E-state index contributed by atoms with van der Waals surface area (Å²) in [7, 11) is 0. The Balaban J connectivity index is 2.02. The second-order valence-corrected chi connectivity index (χ2v) is 7.09. The maximum absolute atomic E-state index is 12.1. The van der Waals surface area contributed by atoms with E-state index in [-0.39, 0.29) is 16.7 Å². The number of anilines is 2. The number of amides is 1. The molecule has 132 valence electrons. The van der Waals surface area contributed by atoms with Crippen molar-refractivity contribution in [1.82, 2.24) is 0 Å². The summed E-state index contributed by atoms with van der Waals surface area (Å²) >= 11 is 5.85. The molecule has 0 spiro atoms. The summed E-state index contributed by atoms with van der Waals surface area (Å²) in [6, 6.07) is 12.0. The smallest absolute Gasteiger partial charge is 0.340 e. The first-order chi connectivity index (χ1) is 11.7. The zero-order valence-electron chi connectivity index (χ0n) is 14.4. The molecule has 0 heterocycles. The molecule has 0 aliphatic heterocycles. The number of rotatable bonds is 4. The average molecular weight is 361 g/mol. The average Bonchev–Trinajstić information content (AvgIpc) is 2.54. The lowest BCUT2D eigenvalue weighted by Gasteiger charge is -2.23. The molecule has 5 nitrogen and oxygen atoms in total. The van der Waals surface area contributed by atoms with Gasteiger partial charge in [-0.3, -0.25) is 4.79 Å². The van der Waals surface area contributed by atoms with Crippen molar-refractivity contribution in [3.05, 3.63) is 58.6 Å². The maximum Gasteiger partial charge on any atom is 0.340 e. The lowest BCUT2D eigenvalue weighted by molar-refractivity contribution is -0.119. The van der Waals surface area contributed by atoms with Gasteiger partial charge in [-0.25, -0.2) is 4.79 Å². The van der Waals surface area contributed by atoms with E-state index in [4.69, 9.17) is 22.1 Å². The monoisotopic (exact) mass is 360 g/mol. The molecule has 0 aromatic heterocycles. The van der Waals surface area contributed by atoms with Gasteiger partial charge in [-0.2, -0.15) is 0 Å². The van der Waals surface area contributed by atoms with Crippen LogP contribution >= 0.6 is 11.6 Å². The van der Waals surface area contributed by atoms with E-state index >= 15 is 0 Å². The summed E-state index contributed by atoms with van der Waals surface area (Å²) in [6.45, 7) is 5.75. The fraction of sp³-hybridized carbons (Fsp3) is 0.263. The molecule has 0 radical (unpaired) electrons. The minimum absolute atomic E-state index is 0.129. The molecule has 2 aromatic carbocycles. The number of hydrogen-bond donors (Lipinski definition) is 2. The van der Waals surface area contributed by atoms with Crippen molar-refractivity contribution in [2.24, 2.45) is 0 Å². The number of nitrogen functional groups attached to an aromatic ring is 1. The molecule has 0 saturated heterocycles. The largest absolute Gasteiger partial charge is 0.452 e. The molecule has 1 amide bonds. The highest BCUT2D eigenvalue weighted by Crippen LogP contribution is 2.29. The maximum atomic E-state index is 12.1. The minimum Gasteiger partial charge on any atom is -0.452 e. The quantitative estimate of drug-likeness (QED) is 0.637.